The lowest BCUT2D eigenvalue weighted by molar-refractivity contribution is -0.115. The monoisotopic (exact) mass is 397 g/mol. The van der Waals surface area contributed by atoms with Gasteiger partial charge < -0.3 is 5.32 Å². The summed E-state index contributed by atoms with van der Waals surface area (Å²) >= 11 is 4.68. The van der Waals surface area contributed by atoms with Gasteiger partial charge in [0, 0.05) is 24.4 Å². The Bertz CT molecular complexity index is 734. The highest BCUT2D eigenvalue weighted by Crippen LogP contribution is 2.28. The highest BCUT2D eigenvalue weighted by atomic mass is 79.9. The van der Waals surface area contributed by atoms with Crippen molar-refractivity contribution in [3.05, 3.63) is 44.6 Å². The maximum atomic E-state index is 13.2. The molecule has 1 amide bonds. The average molecular weight is 398 g/mol. The predicted octanol–water partition coefficient (Wildman–Crippen LogP) is 3.60. The van der Waals surface area contributed by atoms with Gasteiger partial charge in [0.05, 0.1) is 16.6 Å². The highest BCUT2D eigenvalue weighted by molar-refractivity contribution is 9.10. The molecule has 0 unspecified atom stereocenters. The second-order valence-electron chi connectivity index (χ2n) is 5.48. The van der Waals surface area contributed by atoms with Crippen molar-refractivity contribution in [3.8, 4) is 0 Å². The maximum absolute atomic E-state index is 13.2. The number of aromatic nitrogens is 1. The number of hydrogen-bond donors (Lipinski definition) is 1. The van der Waals surface area contributed by atoms with E-state index in [1.807, 2.05) is 0 Å². The molecule has 122 valence electrons. The number of amides is 1. The van der Waals surface area contributed by atoms with E-state index < -0.39 is 0 Å². The van der Waals surface area contributed by atoms with Crippen LogP contribution in [0.1, 0.15) is 23.1 Å². The third-order valence-corrected chi connectivity index (χ3v) is 5.46. The molecule has 1 aromatic carbocycles. The molecule has 1 aromatic heterocycles. The summed E-state index contributed by atoms with van der Waals surface area (Å²) in [5.41, 5.74) is 1.86. The first kappa shape index (κ1) is 16.5. The lowest BCUT2D eigenvalue weighted by Crippen LogP contribution is -2.29. The van der Waals surface area contributed by atoms with Crippen LogP contribution in [0.15, 0.2) is 22.7 Å². The van der Waals surface area contributed by atoms with Gasteiger partial charge >= 0.3 is 0 Å². The summed E-state index contributed by atoms with van der Waals surface area (Å²) in [6.45, 7) is 5.10. The fourth-order valence-electron chi connectivity index (χ4n) is 2.57. The van der Waals surface area contributed by atoms with Crippen LogP contribution in [0.4, 0.5) is 9.52 Å². The van der Waals surface area contributed by atoms with E-state index in [4.69, 9.17) is 0 Å². The molecule has 0 radical (unpaired) electrons. The molecule has 0 saturated carbocycles. The number of hydrogen-bond acceptors (Lipinski definition) is 4. The van der Waals surface area contributed by atoms with Gasteiger partial charge in [-0.1, -0.05) is 13.0 Å². The Labute approximate surface area is 146 Å². The summed E-state index contributed by atoms with van der Waals surface area (Å²) in [6, 6.07) is 4.60. The minimum atomic E-state index is -0.331. The lowest BCUT2D eigenvalue weighted by atomic mass is 10.1. The number of likely N-dealkylation sites (N-methyl/N-ethyl adjacent to an activating group) is 1. The first-order valence-corrected chi connectivity index (χ1v) is 9.11. The first-order valence-electron chi connectivity index (χ1n) is 7.50. The van der Waals surface area contributed by atoms with Gasteiger partial charge in [-0.25, -0.2) is 9.37 Å². The van der Waals surface area contributed by atoms with Crippen LogP contribution >= 0.6 is 27.3 Å². The van der Waals surface area contributed by atoms with Crippen molar-refractivity contribution < 1.29 is 9.18 Å². The standard InChI is InChI=1S/C16H17BrFN3OS/c1-2-21-6-5-13-14(9-21)23-16(19-13)20-15(22)8-10-3-4-12(18)11(17)7-10/h3-4,7H,2,5-6,8-9H2,1H3,(H,19,20,22). The van der Waals surface area contributed by atoms with Crippen molar-refractivity contribution in [2.75, 3.05) is 18.4 Å². The van der Waals surface area contributed by atoms with Gasteiger partial charge in [0.1, 0.15) is 5.82 Å². The van der Waals surface area contributed by atoms with Gasteiger partial charge in [-0.05, 0) is 40.2 Å². The Balaban J connectivity index is 1.64. The fraction of sp³-hybridized carbons (Fsp3) is 0.375. The molecule has 0 fully saturated rings. The second kappa shape index (κ2) is 7.07. The van der Waals surface area contributed by atoms with E-state index >= 15 is 0 Å². The molecule has 2 heterocycles. The lowest BCUT2D eigenvalue weighted by Gasteiger charge is -2.23. The molecule has 1 aliphatic heterocycles. The van der Waals surface area contributed by atoms with E-state index in [-0.39, 0.29) is 18.1 Å². The number of benzene rings is 1. The Hall–Kier alpha value is -1.31. The zero-order valence-corrected chi connectivity index (χ0v) is 15.1. The normalized spacial score (nSPS) is 14.6. The van der Waals surface area contributed by atoms with Crippen LogP contribution in [0.25, 0.3) is 0 Å². The largest absolute Gasteiger partial charge is 0.302 e. The molecular weight excluding hydrogens is 381 g/mol. The van der Waals surface area contributed by atoms with Gasteiger partial charge in [-0.2, -0.15) is 0 Å². The molecule has 0 bridgehead atoms. The summed E-state index contributed by atoms with van der Waals surface area (Å²) in [6.07, 6.45) is 1.13. The molecule has 3 rings (SSSR count). The van der Waals surface area contributed by atoms with Gasteiger partial charge in [0.15, 0.2) is 5.13 Å². The Morgan fingerprint density at radius 1 is 1.52 bits per heavy atom. The highest BCUT2D eigenvalue weighted by Gasteiger charge is 2.20. The van der Waals surface area contributed by atoms with E-state index in [0.29, 0.717) is 9.60 Å². The Morgan fingerprint density at radius 2 is 2.35 bits per heavy atom. The van der Waals surface area contributed by atoms with Crippen LogP contribution in [0.2, 0.25) is 0 Å². The number of fused-ring (bicyclic) bond motifs is 1. The number of nitrogens with one attached hydrogen (secondary N) is 1. The molecule has 4 nitrogen and oxygen atoms in total. The van der Waals surface area contributed by atoms with Crippen LogP contribution in [0.3, 0.4) is 0 Å². The fourth-order valence-corrected chi connectivity index (χ4v) is 4.06. The topological polar surface area (TPSA) is 45.2 Å². The average Bonchev–Trinajstić information content (AvgIpc) is 2.91. The number of thiazole rings is 1. The predicted molar refractivity (Wildman–Crippen MR) is 93.2 cm³/mol. The van der Waals surface area contributed by atoms with Crippen molar-refractivity contribution in [3.63, 3.8) is 0 Å². The van der Waals surface area contributed by atoms with Gasteiger partial charge in [0.2, 0.25) is 5.91 Å². The Morgan fingerprint density at radius 3 is 3.09 bits per heavy atom. The smallest absolute Gasteiger partial charge is 0.230 e. The molecule has 0 aliphatic carbocycles. The van der Waals surface area contributed by atoms with Crippen molar-refractivity contribution in [2.24, 2.45) is 0 Å². The van der Waals surface area contributed by atoms with E-state index in [1.54, 1.807) is 23.5 Å². The summed E-state index contributed by atoms with van der Waals surface area (Å²) in [5, 5.41) is 3.51. The maximum Gasteiger partial charge on any atom is 0.230 e. The van der Waals surface area contributed by atoms with E-state index in [9.17, 15) is 9.18 Å². The summed E-state index contributed by atoms with van der Waals surface area (Å²) in [7, 11) is 0. The number of halogens is 2. The van der Waals surface area contributed by atoms with Gasteiger partial charge in [0.25, 0.3) is 0 Å². The van der Waals surface area contributed by atoms with Crippen LogP contribution in [-0.2, 0) is 24.2 Å². The summed E-state index contributed by atoms with van der Waals surface area (Å²) < 4.78 is 13.6. The molecule has 23 heavy (non-hydrogen) atoms. The molecule has 0 atom stereocenters. The number of rotatable bonds is 4. The zero-order valence-electron chi connectivity index (χ0n) is 12.7. The van der Waals surface area contributed by atoms with Crippen molar-refractivity contribution in [2.45, 2.75) is 26.3 Å². The van der Waals surface area contributed by atoms with Crippen LogP contribution in [-0.4, -0.2) is 28.9 Å². The molecule has 0 spiro atoms. The molecule has 1 aliphatic rings. The van der Waals surface area contributed by atoms with E-state index in [0.717, 1.165) is 37.3 Å². The SMILES string of the molecule is CCN1CCc2nc(NC(=O)Cc3ccc(F)c(Br)c3)sc2C1. The van der Waals surface area contributed by atoms with Gasteiger partial charge in [-0.15, -0.1) is 11.3 Å². The first-order chi connectivity index (χ1) is 11.0. The van der Waals surface area contributed by atoms with Crippen molar-refractivity contribution >= 4 is 38.3 Å². The summed E-state index contributed by atoms with van der Waals surface area (Å²) in [5.74, 6) is -0.468. The van der Waals surface area contributed by atoms with Crippen molar-refractivity contribution in [1.82, 2.24) is 9.88 Å². The number of carbonyl (C=O) groups excluding carboxylic acids is 1. The quantitative estimate of drug-likeness (QED) is 0.856. The Kier molecular flexibility index (Phi) is 5.08. The van der Waals surface area contributed by atoms with E-state index in [1.165, 1.54) is 10.9 Å². The summed E-state index contributed by atoms with van der Waals surface area (Å²) in [4.78, 5) is 20.3. The van der Waals surface area contributed by atoms with Gasteiger partial charge in [-0.3, -0.25) is 9.69 Å². The minimum absolute atomic E-state index is 0.137. The van der Waals surface area contributed by atoms with E-state index in [2.05, 4.69) is 38.1 Å². The van der Waals surface area contributed by atoms with Crippen LogP contribution < -0.4 is 5.32 Å². The molecule has 0 saturated heterocycles. The number of anilines is 1. The number of nitrogens with zero attached hydrogens (tertiary/aromatic N) is 2. The molecule has 2 aromatic rings. The second-order valence-corrected chi connectivity index (χ2v) is 7.42. The zero-order chi connectivity index (χ0) is 16.4. The molecule has 7 heteroatoms. The van der Waals surface area contributed by atoms with Crippen molar-refractivity contribution in [1.29, 1.82) is 0 Å². The third kappa shape index (κ3) is 3.97. The molecular formula is C16H17BrFN3OS. The van der Waals surface area contributed by atoms with Crippen LogP contribution in [0.5, 0.6) is 0 Å². The third-order valence-electron chi connectivity index (χ3n) is 3.85. The molecule has 1 N–H and O–H groups in total. The van der Waals surface area contributed by atoms with Crippen LogP contribution in [0, 0.1) is 5.82 Å². The minimum Gasteiger partial charge on any atom is -0.302 e. The number of carbonyl (C=O) groups is 1.